The molecule has 2 N–H and O–H groups in total. The van der Waals surface area contributed by atoms with Crippen LogP contribution in [-0.4, -0.2) is 148 Å². The lowest BCUT2D eigenvalue weighted by molar-refractivity contribution is -0.137. The summed E-state index contributed by atoms with van der Waals surface area (Å²) in [6.07, 6.45) is 1.04. The molecule has 2 saturated heterocycles. The summed E-state index contributed by atoms with van der Waals surface area (Å²) < 4.78 is 10.5. The number of amides is 1. The number of carbonyl (C=O) groups is 3. The van der Waals surface area contributed by atoms with Crippen LogP contribution in [0.5, 0.6) is 0 Å². The molecular formula is C20H40N4O7. The number of piperazine rings is 1. The average molecular weight is 449 g/mol. The summed E-state index contributed by atoms with van der Waals surface area (Å²) in [6.45, 7) is 12.3. The van der Waals surface area contributed by atoms with Gasteiger partial charge >= 0.3 is 0 Å². The van der Waals surface area contributed by atoms with Gasteiger partial charge in [0, 0.05) is 59.5 Å². The van der Waals surface area contributed by atoms with Gasteiger partial charge in [0.05, 0.1) is 25.9 Å². The Hall–Kier alpha value is -1.79. The van der Waals surface area contributed by atoms with E-state index < -0.39 is 0 Å². The minimum Gasteiger partial charge on any atom is -0.483 e. The predicted octanol–water partition coefficient (Wildman–Crippen LogP) is -0.779. The van der Waals surface area contributed by atoms with Gasteiger partial charge in [0.2, 0.25) is 5.91 Å². The van der Waals surface area contributed by atoms with Crippen LogP contribution in [-0.2, 0) is 23.9 Å². The SMILES string of the molecule is COCCOCCN1CCCN(C(=O)C(C)N2CCN(C)CC2)CC1.O=CO.O=CO. The van der Waals surface area contributed by atoms with Crippen LogP contribution in [0.3, 0.4) is 0 Å². The molecule has 0 spiro atoms. The zero-order chi connectivity index (χ0) is 23.5. The summed E-state index contributed by atoms with van der Waals surface area (Å²) in [5.41, 5.74) is 0. The van der Waals surface area contributed by atoms with Crippen molar-refractivity contribution >= 4 is 18.9 Å². The van der Waals surface area contributed by atoms with Gasteiger partial charge in [0.15, 0.2) is 0 Å². The molecule has 11 nitrogen and oxygen atoms in total. The van der Waals surface area contributed by atoms with Gasteiger partial charge in [0.1, 0.15) is 0 Å². The molecule has 0 radical (unpaired) electrons. The molecule has 1 amide bonds. The summed E-state index contributed by atoms with van der Waals surface area (Å²) >= 11 is 0. The maximum absolute atomic E-state index is 12.9. The lowest BCUT2D eigenvalue weighted by Gasteiger charge is -2.37. The first kappa shape index (κ1) is 29.2. The van der Waals surface area contributed by atoms with Gasteiger partial charge in [-0.05, 0) is 26.9 Å². The quantitative estimate of drug-likeness (QED) is 0.361. The van der Waals surface area contributed by atoms with Crippen molar-refractivity contribution in [2.45, 2.75) is 19.4 Å². The molecule has 0 saturated carbocycles. The highest BCUT2D eigenvalue weighted by atomic mass is 16.5. The largest absolute Gasteiger partial charge is 0.483 e. The van der Waals surface area contributed by atoms with Gasteiger partial charge in [-0.2, -0.15) is 0 Å². The second kappa shape index (κ2) is 18.9. The van der Waals surface area contributed by atoms with Gasteiger partial charge in [-0.1, -0.05) is 0 Å². The van der Waals surface area contributed by atoms with Crippen molar-refractivity contribution in [3.63, 3.8) is 0 Å². The molecule has 2 fully saturated rings. The van der Waals surface area contributed by atoms with E-state index in [1.807, 2.05) is 0 Å². The fourth-order valence-corrected chi connectivity index (χ4v) is 3.48. The number of methoxy groups -OCH3 is 1. The molecule has 31 heavy (non-hydrogen) atoms. The predicted molar refractivity (Wildman–Crippen MR) is 116 cm³/mol. The van der Waals surface area contributed by atoms with Gasteiger partial charge in [-0.15, -0.1) is 0 Å². The molecule has 1 unspecified atom stereocenters. The van der Waals surface area contributed by atoms with Crippen LogP contribution in [0.1, 0.15) is 13.3 Å². The van der Waals surface area contributed by atoms with Crippen molar-refractivity contribution in [3.05, 3.63) is 0 Å². The number of hydrogen-bond donors (Lipinski definition) is 2. The van der Waals surface area contributed by atoms with Gasteiger partial charge in [-0.3, -0.25) is 24.2 Å². The van der Waals surface area contributed by atoms with E-state index in [4.69, 9.17) is 29.3 Å². The number of rotatable bonds is 8. The molecule has 2 heterocycles. The van der Waals surface area contributed by atoms with Crippen molar-refractivity contribution in [1.82, 2.24) is 19.6 Å². The van der Waals surface area contributed by atoms with Crippen molar-refractivity contribution in [2.24, 2.45) is 0 Å². The fraction of sp³-hybridized carbons (Fsp3) is 0.850. The average Bonchev–Trinajstić information content (AvgIpc) is 3.00. The van der Waals surface area contributed by atoms with E-state index in [0.717, 1.165) is 71.9 Å². The smallest absolute Gasteiger partial charge is 0.290 e. The van der Waals surface area contributed by atoms with E-state index in [2.05, 4.69) is 33.6 Å². The van der Waals surface area contributed by atoms with Crippen LogP contribution in [0.4, 0.5) is 0 Å². The highest BCUT2D eigenvalue weighted by molar-refractivity contribution is 5.81. The maximum Gasteiger partial charge on any atom is 0.290 e. The number of carboxylic acid groups (broad SMARTS) is 2. The minimum atomic E-state index is -0.250. The summed E-state index contributed by atoms with van der Waals surface area (Å²) in [5, 5.41) is 13.8. The van der Waals surface area contributed by atoms with Gasteiger partial charge in [-0.25, -0.2) is 0 Å². The topological polar surface area (TPSA) is 123 Å². The molecule has 0 aliphatic carbocycles. The molecule has 0 aromatic carbocycles. The zero-order valence-electron chi connectivity index (χ0n) is 19.1. The number of hydrogen-bond acceptors (Lipinski definition) is 8. The minimum absolute atomic E-state index is 0.00220. The van der Waals surface area contributed by atoms with Crippen LogP contribution in [0.15, 0.2) is 0 Å². The first-order chi connectivity index (χ1) is 14.9. The Morgan fingerprint density at radius 3 is 2.13 bits per heavy atom. The molecule has 1 atom stereocenters. The summed E-state index contributed by atoms with van der Waals surface area (Å²) in [6, 6.07) is -0.00220. The van der Waals surface area contributed by atoms with E-state index in [1.54, 1.807) is 7.11 Å². The lowest BCUT2D eigenvalue weighted by Crippen LogP contribution is -2.54. The third kappa shape index (κ3) is 13.3. The van der Waals surface area contributed by atoms with Crippen molar-refractivity contribution in [3.8, 4) is 0 Å². The zero-order valence-corrected chi connectivity index (χ0v) is 19.1. The number of ether oxygens (including phenoxy) is 2. The maximum atomic E-state index is 12.9. The van der Waals surface area contributed by atoms with E-state index in [-0.39, 0.29) is 19.0 Å². The molecule has 0 bridgehead atoms. The van der Waals surface area contributed by atoms with Crippen LogP contribution in [0.2, 0.25) is 0 Å². The van der Waals surface area contributed by atoms with Gasteiger partial charge < -0.3 is 29.5 Å². The normalized spacial score (nSPS) is 19.1. The number of likely N-dealkylation sites (N-methyl/N-ethyl adjacent to an activating group) is 1. The molecular weight excluding hydrogens is 408 g/mol. The Bertz CT molecular complexity index is 470. The Kier molecular flexibility index (Phi) is 17.8. The van der Waals surface area contributed by atoms with E-state index in [1.165, 1.54) is 0 Å². The Morgan fingerprint density at radius 1 is 0.935 bits per heavy atom. The van der Waals surface area contributed by atoms with Crippen LogP contribution in [0.25, 0.3) is 0 Å². The van der Waals surface area contributed by atoms with Crippen molar-refractivity contribution in [1.29, 1.82) is 0 Å². The third-order valence-corrected chi connectivity index (χ3v) is 5.33. The van der Waals surface area contributed by atoms with E-state index in [0.29, 0.717) is 19.1 Å². The van der Waals surface area contributed by atoms with E-state index >= 15 is 0 Å². The number of carbonyl (C=O) groups excluding carboxylic acids is 1. The Morgan fingerprint density at radius 2 is 1.55 bits per heavy atom. The third-order valence-electron chi connectivity index (χ3n) is 5.33. The van der Waals surface area contributed by atoms with Gasteiger partial charge in [0.25, 0.3) is 12.9 Å². The standard InChI is InChI=1S/C18H36N4O3.2CH2O2/c1-17(21-10-7-19(2)8-11-21)18(23)22-6-4-5-20(9-12-22)13-14-25-16-15-24-3;2*2-1-3/h17H,4-16H2,1-3H3;2*1H,(H,2,3). The molecule has 182 valence electrons. The first-order valence-corrected chi connectivity index (χ1v) is 10.6. The van der Waals surface area contributed by atoms with Crippen LogP contribution >= 0.6 is 0 Å². The Balaban J connectivity index is 0.00000134. The molecule has 2 rings (SSSR count). The molecule has 2 aliphatic heterocycles. The van der Waals surface area contributed by atoms with Crippen molar-refractivity contribution < 1.29 is 34.1 Å². The summed E-state index contributed by atoms with van der Waals surface area (Å²) in [4.78, 5) is 38.7. The van der Waals surface area contributed by atoms with E-state index in [9.17, 15) is 4.79 Å². The molecule has 0 aromatic heterocycles. The summed E-state index contributed by atoms with van der Waals surface area (Å²) in [5.74, 6) is 0.294. The van der Waals surface area contributed by atoms with Crippen LogP contribution in [0, 0.1) is 0 Å². The summed E-state index contributed by atoms with van der Waals surface area (Å²) in [7, 11) is 3.83. The fourth-order valence-electron chi connectivity index (χ4n) is 3.48. The second-order valence-corrected chi connectivity index (χ2v) is 7.35. The molecule has 0 aromatic rings. The Labute approximate surface area is 185 Å². The lowest BCUT2D eigenvalue weighted by atomic mass is 10.2. The number of nitrogens with zero attached hydrogens (tertiary/aromatic N) is 4. The highest BCUT2D eigenvalue weighted by Gasteiger charge is 2.28. The highest BCUT2D eigenvalue weighted by Crippen LogP contribution is 2.11. The monoisotopic (exact) mass is 448 g/mol. The van der Waals surface area contributed by atoms with Crippen LogP contribution < -0.4 is 0 Å². The van der Waals surface area contributed by atoms with Crippen molar-refractivity contribution in [2.75, 3.05) is 92.9 Å². The molecule has 11 heteroatoms. The molecule has 2 aliphatic rings. The second-order valence-electron chi connectivity index (χ2n) is 7.35. The first-order valence-electron chi connectivity index (χ1n) is 10.6.